The van der Waals surface area contributed by atoms with Gasteiger partial charge >= 0.3 is 0 Å². The molecule has 0 aliphatic carbocycles. The number of aliphatic hydroxyl groups excluding tert-OH is 1. The number of rotatable bonds is 1. The number of aliphatic hydroxyl groups is 1. The van der Waals surface area contributed by atoms with Gasteiger partial charge in [-0.05, 0) is 19.1 Å². The van der Waals surface area contributed by atoms with Crippen molar-refractivity contribution in [1.82, 2.24) is 4.98 Å². The Bertz CT molecular complexity index is 259. The molecule has 4 heteroatoms. The van der Waals surface area contributed by atoms with Crippen LogP contribution in [0.5, 0.6) is 0 Å². The summed E-state index contributed by atoms with van der Waals surface area (Å²) in [5.41, 5.74) is 1.20. The Hall–Kier alpha value is -0.0600. The molecule has 12 heavy (non-hydrogen) atoms. The summed E-state index contributed by atoms with van der Waals surface area (Å²) in [6.45, 7) is 1.78. The van der Waals surface area contributed by atoms with Gasteiger partial charge in [-0.2, -0.15) is 11.8 Å². The molecule has 1 atom stereocenters. The highest BCUT2D eigenvalue weighted by Gasteiger charge is 2.16. The molecule has 1 aromatic rings. The molecule has 0 saturated carbocycles. The van der Waals surface area contributed by atoms with Gasteiger partial charge < -0.3 is 5.11 Å². The molecule has 2 nitrogen and oxygen atoms in total. The fourth-order valence-electron chi connectivity index (χ4n) is 1.22. The van der Waals surface area contributed by atoms with Crippen LogP contribution >= 0.6 is 23.1 Å². The first-order valence-electron chi connectivity index (χ1n) is 4.01. The van der Waals surface area contributed by atoms with Crippen LogP contribution in [0.15, 0.2) is 0 Å². The first-order valence-corrected chi connectivity index (χ1v) is 5.99. The fourth-order valence-corrected chi connectivity index (χ4v) is 3.39. The van der Waals surface area contributed by atoms with Crippen LogP contribution in [0.4, 0.5) is 0 Å². The van der Waals surface area contributed by atoms with Crippen LogP contribution in [0.3, 0.4) is 0 Å². The molecule has 1 aromatic heterocycles. The summed E-state index contributed by atoms with van der Waals surface area (Å²) < 4.78 is 0. The number of nitrogens with zero attached hydrogens (tertiary/aromatic N) is 1. The quantitative estimate of drug-likeness (QED) is 0.754. The maximum absolute atomic E-state index is 9.31. The molecule has 0 saturated heterocycles. The molecule has 1 aliphatic heterocycles. The monoisotopic (exact) mass is 201 g/mol. The third-order valence-corrected chi connectivity index (χ3v) is 4.16. The SMILES string of the molecule is CC(O)c1nc2c(s1)CCSC2. The molecular weight excluding hydrogens is 190 g/mol. The maximum atomic E-state index is 9.31. The smallest absolute Gasteiger partial charge is 0.122 e. The minimum atomic E-state index is -0.398. The number of hydrogen-bond donors (Lipinski definition) is 1. The zero-order chi connectivity index (χ0) is 8.55. The molecule has 2 rings (SSSR count). The van der Waals surface area contributed by atoms with Crippen molar-refractivity contribution in [2.24, 2.45) is 0 Å². The minimum absolute atomic E-state index is 0.398. The molecule has 1 aliphatic rings. The summed E-state index contributed by atoms with van der Waals surface area (Å²) in [6, 6.07) is 0. The van der Waals surface area contributed by atoms with E-state index in [9.17, 15) is 5.11 Å². The van der Waals surface area contributed by atoms with Gasteiger partial charge in [0.25, 0.3) is 0 Å². The zero-order valence-corrected chi connectivity index (χ0v) is 8.54. The lowest BCUT2D eigenvalue weighted by molar-refractivity contribution is 0.198. The largest absolute Gasteiger partial charge is 0.386 e. The molecule has 0 amide bonds. The van der Waals surface area contributed by atoms with E-state index in [-0.39, 0.29) is 0 Å². The Morgan fingerprint density at radius 3 is 3.08 bits per heavy atom. The fraction of sp³-hybridized carbons (Fsp3) is 0.625. The highest BCUT2D eigenvalue weighted by Crippen LogP contribution is 2.31. The van der Waals surface area contributed by atoms with Crippen LogP contribution in [0.1, 0.15) is 28.6 Å². The third kappa shape index (κ3) is 1.51. The Morgan fingerprint density at radius 2 is 2.42 bits per heavy atom. The van der Waals surface area contributed by atoms with E-state index in [2.05, 4.69) is 4.98 Å². The van der Waals surface area contributed by atoms with Gasteiger partial charge in [0.1, 0.15) is 11.1 Å². The van der Waals surface area contributed by atoms with E-state index in [0.29, 0.717) is 0 Å². The molecule has 0 fully saturated rings. The van der Waals surface area contributed by atoms with Crippen LogP contribution in [0.2, 0.25) is 0 Å². The Kier molecular flexibility index (Phi) is 2.39. The highest BCUT2D eigenvalue weighted by atomic mass is 32.2. The summed E-state index contributed by atoms with van der Waals surface area (Å²) in [6.07, 6.45) is 0.732. The van der Waals surface area contributed by atoms with Crippen LogP contribution < -0.4 is 0 Å². The molecule has 66 valence electrons. The van der Waals surface area contributed by atoms with E-state index in [1.807, 2.05) is 11.8 Å². The lowest BCUT2D eigenvalue weighted by Gasteiger charge is -2.06. The van der Waals surface area contributed by atoms with E-state index >= 15 is 0 Å². The summed E-state index contributed by atoms with van der Waals surface area (Å²) >= 11 is 3.59. The third-order valence-electron chi connectivity index (χ3n) is 1.86. The number of hydrogen-bond acceptors (Lipinski definition) is 4. The first kappa shape index (κ1) is 8.53. The summed E-state index contributed by atoms with van der Waals surface area (Å²) in [7, 11) is 0. The maximum Gasteiger partial charge on any atom is 0.122 e. The van der Waals surface area contributed by atoms with Crippen LogP contribution in [-0.4, -0.2) is 15.8 Å². The predicted octanol–water partition coefficient (Wildman–Crippen LogP) is 1.99. The Morgan fingerprint density at radius 1 is 1.58 bits per heavy atom. The van der Waals surface area contributed by atoms with Crippen molar-refractivity contribution >= 4 is 23.1 Å². The average Bonchev–Trinajstić information content (AvgIpc) is 2.46. The van der Waals surface area contributed by atoms with Gasteiger partial charge in [0.15, 0.2) is 0 Å². The molecule has 1 unspecified atom stereocenters. The molecule has 0 aromatic carbocycles. The molecule has 0 bridgehead atoms. The van der Waals surface area contributed by atoms with Gasteiger partial charge in [-0.15, -0.1) is 11.3 Å². The van der Waals surface area contributed by atoms with Crippen molar-refractivity contribution in [3.63, 3.8) is 0 Å². The number of thioether (sulfide) groups is 1. The first-order chi connectivity index (χ1) is 5.77. The molecule has 0 radical (unpaired) electrons. The van der Waals surface area contributed by atoms with Crippen LogP contribution in [0, 0.1) is 0 Å². The van der Waals surface area contributed by atoms with Gasteiger partial charge in [-0.1, -0.05) is 0 Å². The molecule has 2 heterocycles. The van der Waals surface area contributed by atoms with Gasteiger partial charge in [0, 0.05) is 10.6 Å². The number of fused-ring (bicyclic) bond motifs is 1. The number of aryl methyl sites for hydroxylation is 1. The average molecular weight is 201 g/mol. The second-order valence-corrected chi connectivity index (χ2v) is 5.12. The highest BCUT2D eigenvalue weighted by molar-refractivity contribution is 7.98. The van der Waals surface area contributed by atoms with Crippen molar-refractivity contribution in [3.8, 4) is 0 Å². The van der Waals surface area contributed by atoms with Crippen LogP contribution in [0.25, 0.3) is 0 Å². The molecular formula is C8H11NOS2. The number of aromatic nitrogens is 1. The lowest BCUT2D eigenvalue weighted by Crippen LogP contribution is -1.98. The van der Waals surface area contributed by atoms with Crippen molar-refractivity contribution in [1.29, 1.82) is 0 Å². The standard InChI is InChI=1S/C8H11NOS2/c1-5(10)8-9-6-4-11-3-2-7(6)12-8/h5,10H,2-4H2,1H3. The summed E-state index contributed by atoms with van der Waals surface area (Å²) in [5, 5.41) is 10.2. The lowest BCUT2D eigenvalue weighted by atomic mass is 10.3. The summed E-state index contributed by atoms with van der Waals surface area (Å²) in [4.78, 5) is 5.78. The predicted molar refractivity (Wildman–Crippen MR) is 52.6 cm³/mol. The van der Waals surface area contributed by atoms with Crippen molar-refractivity contribution < 1.29 is 5.11 Å². The van der Waals surface area contributed by atoms with Crippen molar-refractivity contribution in [2.75, 3.05) is 5.75 Å². The summed E-state index contributed by atoms with van der Waals surface area (Å²) in [5.74, 6) is 2.23. The Balaban J connectivity index is 2.32. The van der Waals surface area contributed by atoms with E-state index in [0.717, 1.165) is 17.2 Å². The van der Waals surface area contributed by atoms with Crippen molar-refractivity contribution in [3.05, 3.63) is 15.6 Å². The number of thiazole rings is 1. The van der Waals surface area contributed by atoms with E-state index in [1.54, 1.807) is 18.3 Å². The minimum Gasteiger partial charge on any atom is -0.386 e. The topological polar surface area (TPSA) is 33.1 Å². The normalized spacial score (nSPS) is 18.8. The van der Waals surface area contributed by atoms with E-state index < -0.39 is 6.10 Å². The van der Waals surface area contributed by atoms with Gasteiger partial charge in [0.2, 0.25) is 0 Å². The Labute approximate surface area is 80.0 Å². The van der Waals surface area contributed by atoms with Gasteiger partial charge in [-0.25, -0.2) is 4.98 Å². The van der Waals surface area contributed by atoms with Crippen molar-refractivity contribution in [2.45, 2.75) is 25.2 Å². The molecule has 1 N–H and O–H groups in total. The van der Waals surface area contributed by atoms with Gasteiger partial charge in [-0.3, -0.25) is 0 Å². The van der Waals surface area contributed by atoms with E-state index in [4.69, 9.17) is 0 Å². The van der Waals surface area contributed by atoms with Crippen LogP contribution in [-0.2, 0) is 12.2 Å². The molecule has 0 spiro atoms. The second kappa shape index (κ2) is 3.36. The zero-order valence-electron chi connectivity index (χ0n) is 6.91. The van der Waals surface area contributed by atoms with E-state index in [1.165, 1.54) is 16.3 Å². The second-order valence-electron chi connectivity index (χ2n) is 2.90. The van der Waals surface area contributed by atoms with Gasteiger partial charge in [0.05, 0.1) is 5.69 Å².